The zero-order valence-electron chi connectivity index (χ0n) is 14.8. The molecule has 4 rings (SSSR count). The van der Waals surface area contributed by atoms with Crippen molar-refractivity contribution in [2.24, 2.45) is 10.2 Å². The topological polar surface area (TPSA) is 28.0 Å². The highest BCUT2D eigenvalue weighted by molar-refractivity contribution is 5.76. The molecule has 4 aromatic carbocycles. The molecule has 0 heterocycles. The normalized spacial score (nSPS) is 10.8. The molecule has 0 unspecified atom stereocenters. The second-order valence-electron chi connectivity index (χ2n) is 6.06. The van der Waals surface area contributed by atoms with Gasteiger partial charge in [0.05, 0.1) is 11.4 Å². The molecule has 0 aliphatic rings. The van der Waals surface area contributed by atoms with Crippen LogP contribution in [0.4, 0.5) is 28.4 Å². The van der Waals surface area contributed by atoms with Crippen LogP contribution in [-0.2, 0) is 0 Å². The van der Waals surface area contributed by atoms with E-state index in [-0.39, 0.29) is 0 Å². The van der Waals surface area contributed by atoms with Crippen molar-refractivity contribution >= 4 is 28.4 Å². The summed E-state index contributed by atoms with van der Waals surface area (Å²) < 4.78 is 0. The first-order valence-corrected chi connectivity index (χ1v) is 8.87. The molecule has 130 valence electrons. The zero-order valence-corrected chi connectivity index (χ0v) is 14.8. The fraction of sp³-hybridized carbons (Fsp3) is 0. The lowest BCUT2D eigenvalue weighted by atomic mass is 10.2. The summed E-state index contributed by atoms with van der Waals surface area (Å²) in [6.45, 7) is 0. The quantitative estimate of drug-likeness (QED) is 0.341. The van der Waals surface area contributed by atoms with Crippen LogP contribution >= 0.6 is 0 Å². The fourth-order valence-electron chi connectivity index (χ4n) is 2.88. The van der Waals surface area contributed by atoms with E-state index < -0.39 is 0 Å². The lowest BCUT2D eigenvalue weighted by Gasteiger charge is -2.25. The van der Waals surface area contributed by atoms with Crippen molar-refractivity contribution in [2.45, 2.75) is 0 Å². The van der Waals surface area contributed by atoms with Crippen molar-refractivity contribution in [1.29, 1.82) is 0 Å². The Bertz CT molecular complexity index is 956. The first-order valence-electron chi connectivity index (χ1n) is 8.87. The summed E-state index contributed by atoms with van der Waals surface area (Å²) in [5.74, 6) is 0. The maximum atomic E-state index is 4.33. The van der Waals surface area contributed by atoms with E-state index in [0.29, 0.717) is 0 Å². The van der Waals surface area contributed by atoms with E-state index in [9.17, 15) is 0 Å². The highest BCUT2D eigenvalue weighted by atomic mass is 15.1. The predicted octanol–water partition coefficient (Wildman–Crippen LogP) is 7.57. The summed E-state index contributed by atoms with van der Waals surface area (Å²) in [6.07, 6.45) is 0. The molecule has 4 aromatic rings. The number of nitrogens with zero attached hydrogens (tertiary/aromatic N) is 3. The Labute approximate surface area is 159 Å². The smallest absolute Gasteiger partial charge is 0.0858 e. The summed E-state index contributed by atoms with van der Waals surface area (Å²) in [4.78, 5) is 2.22. The van der Waals surface area contributed by atoms with Gasteiger partial charge in [-0.15, -0.1) is 0 Å². The molecule has 0 bridgehead atoms. The Hall–Kier alpha value is -3.72. The number of hydrogen-bond acceptors (Lipinski definition) is 3. The zero-order chi connectivity index (χ0) is 18.3. The second kappa shape index (κ2) is 8.11. The average Bonchev–Trinajstić information content (AvgIpc) is 2.76. The third-order valence-corrected chi connectivity index (χ3v) is 4.17. The van der Waals surface area contributed by atoms with Gasteiger partial charge in [-0.25, -0.2) is 0 Å². The van der Waals surface area contributed by atoms with Gasteiger partial charge >= 0.3 is 0 Å². The fourth-order valence-corrected chi connectivity index (χ4v) is 2.88. The highest BCUT2D eigenvalue weighted by Gasteiger charge is 2.11. The molecule has 27 heavy (non-hydrogen) atoms. The Balaban J connectivity index is 1.64. The molecule has 0 N–H and O–H groups in total. The van der Waals surface area contributed by atoms with E-state index in [2.05, 4.69) is 51.5 Å². The van der Waals surface area contributed by atoms with Gasteiger partial charge in [0.2, 0.25) is 0 Å². The van der Waals surface area contributed by atoms with Crippen molar-refractivity contribution in [3.05, 3.63) is 115 Å². The van der Waals surface area contributed by atoms with Crippen molar-refractivity contribution in [2.75, 3.05) is 4.90 Å². The number of benzene rings is 4. The van der Waals surface area contributed by atoms with Crippen LogP contribution in [0.1, 0.15) is 0 Å². The molecule has 0 saturated heterocycles. The molecule has 3 heteroatoms. The SMILES string of the molecule is c1ccc(/N=N/c2ccc(N(c3ccccc3)c3ccccc3)cc2)cc1. The van der Waals surface area contributed by atoms with Crippen LogP contribution in [-0.4, -0.2) is 0 Å². The molecule has 0 amide bonds. The molecular weight excluding hydrogens is 330 g/mol. The average molecular weight is 349 g/mol. The number of para-hydroxylation sites is 2. The lowest BCUT2D eigenvalue weighted by molar-refractivity contribution is 1.22. The van der Waals surface area contributed by atoms with Crippen LogP contribution in [0.25, 0.3) is 0 Å². The second-order valence-corrected chi connectivity index (χ2v) is 6.06. The van der Waals surface area contributed by atoms with Gasteiger partial charge in [0.25, 0.3) is 0 Å². The van der Waals surface area contributed by atoms with Crippen LogP contribution in [0.2, 0.25) is 0 Å². The van der Waals surface area contributed by atoms with Gasteiger partial charge in [-0.3, -0.25) is 0 Å². The number of hydrogen-bond donors (Lipinski definition) is 0. The van der Waals surface area contributed by atoms with Crippen LogP contribution in [0, 0.1) is 0 Å². The molecular formula is C24H19N3. The Morgan fingerprint density at radius 1 is 0.370 bits per heavy atom. The largest absolute Gasteiger partial charge is 0.311 e. The standard InChI is InChI=1S/C24H19N3/c1-4-10-20(11-5-1)25-26-21-16-18-24(19-17-21)27(22-12-6-2-7-13-22)23-14-8-3-9-15-23/h1-19H/b26-25+. The summed E-state index contributed by atoms with van der Waals surface area (Å²) in [5, 5.41) is 8.61. The van der Waals surface area contributed by atoms with E-state index in [1.807, 2.05) is 78.9 Å². The number of anilines is 3. The number of azo groups is 1. The molecule has 0 aliphatic carbocycles. The van der Waals surface area contributed by atoms with Crippen molar-refractivity contribution in [3.8, 4) is 0 Å². The molecule has 0 aliphatic heterocycles. The van der Waals surface area contributed by atoms with Crippen LogP contribution in [0.3, 0.4) is 0 Å². The van der Waals surface area contributed by atoms with Gasteiger partial charge < -0.3 is 4.90 Å². The maximum Gasteiger partial charge on any atom is 0.0858 e. The Morgan fingerprint density at radius 3 is 1.22 bits per heavy atom. The summed E-state index contributed by atoms with van der Waals surface area (Å²) in [7, 11) is 0. The van der Waals surface area contributed by atoms with Gasteiger partial charge in [0.1, 0.15) is 0 Å². The monoisotopic (exact) mass is 349 g/mol. The van der Waals surface area contributed by atoms with Gasteiger partial charge in [-0.05, 0) is 60.7 Å². The van der Waals surface area contributed by atoms with Crippen LogP contribution in [0.5, 0.6) is 0 Å². The van der Waals surface area contributed by atoms with E-state index in [1.54, 1.807) is 0 Å². The van der Waals surface area contributed by atoms with Crippen molar-refractivity contribution < 1.29 is 0 Å². The third kappa shape index (κ3) is 4.10. The molecule has 0 atom stereocenters. The molecule has 0 spiro atoms. The first kappa shape index (κ1) is 16.7. The van der Waals surface area contributed by atoms with E-state index in [4.69, 9.17) is 0 Å². The predicted molar refractivity (Wildman–Crippen MR) is 112 cm³/mol. The van der Waals surface area contributed by atoms with Gasteiger partial charge in [0, 0.05) is 17.1 Å². The van der Waals surface area contributed by atoms with Crippen molar-refractivity contribution in [1.82, 2.24) is 0 Å². The van der Waals surface area contributed by atoms with Crippen molar-refractivity contribution in [3.63, 3.8) is 0 Å². The molecule has 0 aromatic heterocycles. The Morgan fingerprint density at radius 2 is 0.741 bits per heavy atom. The molecule has 3 nitrogen and oxygen atoms in total. The maximum absolute atomic E-state index is 4.33. The Kier molecular flexibility index (Phi) is 5.02. The minimum Gasteiger partial charge on any atom is -0.311 e. The third-order valence-electron chi connectivity index (χ3n) is 4.17. The summed E-state index contributed by atoms with van der Waals surface area (Å²) in [5.41, 5.74) is 4.97. The van der Waals surface area contributed by atoms with Gasteiger partial charge in [-0.2, -0.15) is 10.2 Å². The molecule has 0 radical (unpaired) electrons. The lowest BCUT2D eigenvalue weighted by Crippen LogP contribution is -2.09. The summed E-state index contributed by atoms with van der Waals surface area (Å²) in [6, 6.07) is 38.5. The number of rotatable bonds is 5. The van der Waals surface area contributed by atoms with Gasteiger partial charge in [-0.1, -0.05) is 54.6 Å². The highest BCUT2D eigenvalue weighted by Crippen LogP contribution is 2.35. The van der Waals surface area contributed by atoms with Gasteiger partial charge in [0.15, 0.2) is 0 Å². The van der Waals surface area contributed by atoms with E-state index >= 15 is 0 Å². The van der Waals surface area contributed by atoms with Crippen LogP contribution < -0.4 is 4.90 Å². The minimum absolute atomic E-state index is 0.823. The van der Waals surface area contributed by atoms with Crippen LogP contribution in [0.15, 0.2) is 125 Å². The molecule has 0 fully saturated rings. The van der Waals surface area contributed by atoms with E-state index in [0.717, 1.165) is 28.4 Å². The molecule has 0 saturated carbocycles. The summed E-state index contributed by atoms with van der Waals surface area (Å²) >= 11 is 0. The minimum atomic E-state index is 0.823. The van der Waals surface area contributed by atoms with E-state index in [1.165, 1.54) is 0 Å². The first-order chi connectivity index (χ1) is 13.4.